The standard InChI is InChI=1S/C6H12O6.ClH/c7-1-2-3(8)4(9)5(10)6(11)12-2;/h2-11H,1H2;1H/t2-,3-,4+,5-,6-;/m1./s1. The Morgan fingerprint density at radius 1 is 0.923 bits per heavy atom. The molecule has 1 heterocycles. The van der Waals surface area contributed by atoms with E-state index in [1.54, 1.807) is 0 Å². The molecule has 0 spiro atoms. The van der Waals surface area contributed by atoms with E-state index in [-0.39, 0.29) is 12.4 Å². The fourth-order valence-corrected chi connectivity index (χ4v) is 1.08. The Labute approximate surface area is 80.8 Å². The van der Waals surface area contributed by atoms with Crippen LogP contribution in [0.3, 0.4) is 0 Å². The Hall–Kier alpha value is 0.0500. The maximum atomic E-state index is 9.12. The highest BCUT2D eigenvalue weighted by Crippen LogP contribution is 2.18. The summed E-state index contributed by atoms with van der Waals surface area (Å²) in [5.74, 6) is 0. The fourth-order valence-electron chi connectivity index (χ4n) is 1.08. The summed E-state index contributed by atoms with van der Waals surface area (Å²) in [6, 6.07) is 0. The third kappa shape index (κ3) is 2.50. The van der Waals surface area contributed by atoms with Crippen LogP contribution in [-0.2, 0) is 4.74 Å². The minimum atomic E-state index is -1.57. The molecule has 0 unspecified atom stereocenters. The van der Waals surface area contributed by atoms with E-state index >= 15 is 0 Å². The van der Waals surface area contributed by atoms with Gasteiger partial charge in [-0.1, -0.05) is 0 Å². The first-order valence-corrected chi connectivity index (χ1v) is 3.56. The number of hydrogen-bond donors (Lipinski definition) is 5. The Kier molecular flexibility index (Phi) is 5.08. The topological polar surface area (TPSA) is 110 Å². The molecule has 0 saturated carbocycles. The molecular formula is C6H13ClO6. The van der Waals surface area contributed by atoms with Gasteiger partial charge in [-0.2, -0.15) is 0 Å². The van der Waals surface area contributed by atoms with Gasteiger partial charge in [0.2, 0.25) is 0 Å². The van der Waals surface area contributed by atoms with Crippen molar-refractivity contribution < 1.29 is 30.3 Å². The summed E-state index contributed by atoms with van der Waals surface area (Å²) in [5, 5.41) is 44.7. The summed E-state index contributed by atoms with van der Waals surface area (Å²) >= 11 is 0. The monoisotopic (exact) mass is 216 g/mol. The molecule has 1 saturated heterocycles. The van der Waals surface area contributed by atoms with Gasteiger partial charge in [0.15, 0.2) is 6.29 Å². The van der Waals surface area contributed by atoms with Gasteiger partial charge in [0.25, 0.3) is 0 Å². The van der Waals surface area contributed by atoms with Gasteiger partial charge < -0.3 is 30.3 Å². The highest BCUT2D eigenvalue weighted by Gasteiger charge is 2.42. The molecule has 80 valence electrons. The van der Waals surface area contributed by atoms with Crippen LogP contribution in [0, 0.1) is 0 Å². The molecule has 5 atom stereocenters. The molecule has 0 aromatic carbocycles. The number of aliphatic hydroxyl groups excluding tert-OH is 5. The molecule has 7 heteroatoms. The van der Waals surface area contributed by atoms with Crippen LogP contribution in [0.25, 0.3) is 0 Å². The largest absolute Gasteiger partial charge is 0.394 e. The summed E-state index contributed by atoms with van der Waals surface area (Å²) in [7, 11) is 0. The maximum Gasteiger partial charge on any atom is 0.184 e. The zero-order valence-electron chi connectivity index (χ0n) is 6.65. The van der Waals surface area contributed by atoms with Crippen LogP contribution in [0.15, 0.2) is 0 Å². The minimum Gasteiger partial charge on any atom is -0.394 e. The zero-order chi connectivity index (χ0) is 9.30. The molecule has 1 fully saturated rings. The highest BCUT2D eigenvalue weighted by atomic mass is 35.5. The van der Waals surface area contributed by atoms with Gasteiger partial charge in [0.05, 0.1) is 6.61 Å². The SMILES string of the molecule is Cl.OC[C@H]1O[C@@H](O)[C@H](O)[C@@H](O)[C@@H]1O. The molecule has 1 aliphatic rings. The predicted octanol–water partition coefficient (Wildman–Crippen LogP) is -2.80. The van der Waals surface area contributed by atoms with Crippen LogP contribution < -0.4 is 0 Å². The van der Waals surface area contributed by atoms with Gasteiger partial charge in [-0.15, -0.1) is 12.4 Å². The lowest BCUT2D eigenvalue weighted by molar-refractivity contribution is -0.286. The molecule has 0 aromatic rings. The first-order chi connectivity index (χ1) is 5.57. The number of halogens is 1. The van der Waals surface area contributed by atoms with Crippen LogP contribution in [0.1, 0.15) is 0 Å². The van der Waals surface area contributed by atoms with Gasteiger partial charge in [0.1, 0.15) is 24.4 Å². The Bertz CT molecular complexity index is 151. The van der Waals surface area contributed by atoms with E-state index in [2.05, 4.69) is 4.74 Å². The van der Waals surface area contributed by atoms with Crippen LogP contribution in [0.4, 0.5) is 0 Å². The first-order valence-electron chi connectivity index (χ1n) is 3.56. The quantitative estimate of drug-likeness (QED) is 0.324. The van der Waals surface area contributed by atoms with Crippen molar-refractivity contribution in [1.82, 2.24) is 0 Å². The second kappa shape index (κ2) is 5.06. The number of aliphatic hydroxyl groups is 5. The third-order valence-corrected chi connectivity index (χ3v) is 1.87. The molecule has 0 amide bonds. The summed E-state index contributed by atoms with van der Waals surface area (Å²) in [4.78, 5) is 0. The molecule has 5 N–H and O–H groups in total. The van der Waals surface area contributed by atoms with E-state index in [1.165, 1.54) is 0 Å². The van der Waals surface area contributed by atoms with Crippen molar-refractivity contribution >= 4 is 12.4 Å². The maximum absolute atomic E-state index is 9.12. The third-order valence-electron chi connectivity index (χ3n) is 1.87. The molecule has 0 aromatic heterocycles. The fraction of sp³-hybridized carbons (Fsp3) is 1.00. The van der Waals surface area contributed by atoms with Crippen molar-refractivity contribution in [3.05, 3.63) is 0 Å². The van der Waals surface area contributed by atoms with Gasteiger partial charge in [-0.25, -0.2) is 0 Å². The highest BCUT2D eigenvalue weighted by molar-refractivity contribution is 5.85. The van der Waals surface area contributed by atoms with E-state index < -0.39 is 37.3 Å². The van der Waals surface area contributed by atoms with Crippen LogP contribution in [0.5, 0.6) is 0 Å². The normalized spacial score (nSPS) is 45.5. The van der Waals surface area contributed by atoms with E-state index in [1.807, 2.05) is 0 Å². The molecule has 13 heavy (non-hydrogen) atoms. The molecule has 0 radical (unpaired) electrons. The summed E-state index contributed by atoms with van der Waals surface area (Å²) in [6.07, 6.45) is -7.04. The lowest BCUT2D eigenvalue weighted by atomic mass is 10.00. The number of rotatable bonds is 1. The van der Waals surface area contributed by atoms with E-state index in [0.717, 1.165) is 0 Å². The zero-order valence-corrected chi connectivity index (χ0v) is 7.46. The van der Waals surface area contributed by atoms with Crippen molar-refractivity contribution in [2.45, 2.75) is 30.7 Å². The van der Waals surface area contributed by atoms with Crippen molar-refractivity contribution in [3.8, 4) is 0 Å². The lowest BCUT2D eigenvalue weighted by Gasteiger charge is -2.37. The second-order valence-electron chi connectivity index (χ2n) is 2.72. The Morgan fingerprint density at radius 2 is 1.46 bits per heavy atom. The van der Waals surface area contributed by atoms with Gasteiger partial charge in [0, 0.05) is 0 Å². The second-order valence-corrected chi connectivity index (χ2v) is 2.72. The average molecular weight is 217 g/mol. The minimum absolute atomic E-state index is 0. The average Bonchev–Trinajstić information content (AvgIpc) is 2.08. The van der Waals surface area contributed by atoms with Gasteiger partial charge in [-0.3, -0.25) is 0 Å². The smallest absolute Gasteiger partial charge is 0.184 e. The first kappa shape index (κ1) is 13.1. The Balaban J connectivity index is 0.00000144. The van der Waals surface area contributed by atoms with E-state index in [9.17, 15) is 0 Å². The molecule has 0 aliphatic carbocycles. The van der Waals surface area contributed by atoms with E-state index in [4.69, 9.17) is 25.5 Å². The Morgan fingerprint density at radius 3 is 1.92 bits per heavy atom. The van der Waals surface area contributed by atoms with Crippen molar-refractivity contribution in [3.63, 3.8) is 0 Å². The van der Waals surface area contributed by atoms with Crippen molar-refractivity contribution in [1.29, 1.82) is 0 Å². The van der Waals surface area contributed by atoms with Crippen molar-refractivity contribution in [2.75, 3.05) is 6.61 Å². The molecule has 1 aliphatic heterocycles. The lowest BCUT2D eigenvalue weighted by Crippen LogP contribution is -2.58. The molecule has 0 bridgehead atoms. The van der Waals surface area contributed by atoms with Crippen molar-refractivity contribution in [2.24, 2.45) is 0 Å². The number of hydrogen-bond acceptors (Lipinski definition) is 6. The van der Waals surface area contributed by atoms with Gasteiger partial charge in [-0.05, 0) is 0 Å². The van der Waals surface area contributed by atoms with E-state index in [0.29, 0.717) is 0 Å². The molecule has 6 nitrogen and oxygen atoms in total. The van der Waals surface area contributed by atoms with Gasteiger partial charge >= 0.3 is 0 Å². The van der Waals surface area contributed by atoms with Crippen LogP contribution >= 0.6 is 12.4 Å². The summed E-state index contributed by atoms with van der Waals surface area (Å²) < 4.78 is 4.58. The predicted molar refractivity (Wildman–Crippen MR) is 43.2 cm³/mol. The summed E-state index contributed by atoms with van der Waals surface area (Å²) in [5.41, 5.74) is 0. The molecular weight excluding hydrogens is 204 g/mol. The number of ether oxygens (including phenoxy) is 1. The van der Waals surface area contributed by atoms with Crippen LogP contribution in [0.2, 0.25) is 0 Å². The van der Waals surface area contributed by atoms with Crippen LogP contribution in [-0.4, -0.2) is 62.8 Å². The summed E-state index contributed by atoms with van der Waals surface area (Å²) in [6.45, 7) is -0.526. The molecule has 1 rings (SSSR count).